The molecule has 0 saturated heterocycles. The largest absolute Gasteiger partial charge is 0.505 e. The van der Waals surface area contributed by atoms with Gasteiger partial charge in [-0.1, -0.05) is 0 Å². The van der Waals surface area contributed by atoms with Crippen molar-refractivity contribution in [2.75, 3.05) is 5.32 Å². The standard InChI is InChI=1S/C11H11FN2OS/c1-7(11-13-4-5-16-11)14-8-2-3-10(15)9(12)6-8/h2-7,14-15H,1H3. The zero-order valence-corrected chi connectivity index (χ0v) is 9.46. The molecule has 5 heteroatoms. The van der Waals surface area contributed by atoms with Crippen LogP contribution in [0.25, 0.3) is 0 Å². The van der Waals surface area contributed by atoms with Crippen molar-refractivity contribution >= 4 is 17.0 Å². The van der Waals surface area contributed by atoms with Gasteiger partial charge in [0.05, 0.1) is 6.04 Å². The molecule has 0 aliphatic rings. The first kappa shape index (κ1) is 10.9. The summed E-state index contributed by atoms with van der Waals surface area (Å²) in [5, 5.41) is 15.0. The molecule has 1 heterocycles. The van der Waals surface area contributed by atoms with Gasteiger partial charge in [-0.25, -0.2) is 9.37 Å². The number of hydrogen-bond acceptors (Lipinski definition) is 4. The van der Waals surface area contributed by atoms with Crippen LogP contribution in [0.1, 0.15) is 18.0 Å². The second-order valence-electron chi connectivity index (χ2n) is 3.40. The molecule has 0 fully saturated rings. The molecule has 0 amide bonds. The number of nitrogens with zero attached hydrogens (tertiary/aromatic N) is 1. The van der Waals surface area contributed by atoms with Gasteiger partial charge in [0, 0.05) is 23.3 Å². The first-order valence-corrected chi connectivity index (χ1v) is 5.69. The molecule has 1 aromatic carbocycles. The smallest absolute Gasteiger partial charge is 0.166 e. The third-order valence-electron chi connectivity index (χ3n) is 2.15. The molecule has 0 aliphatic heterocycles. The molecule has 2 N–H and O–H groups in total. The molecule has 0 spiro atoms. The number of aromatic nitrogens is 1. The summed E-state index contributed by atoms with van der Waals surface area (Å²) in [5.41, 5.74) is 0.623. The fraction of sp³-hybridized carbons (Fsp3) is 0.182. The molecule has 2 aromatic rings. The number of phenols is 1. The summed E-state index contributed by atoms with van der Waals surface area (Å²) in [6.45, 7) is 1.95. The van der Waals surface area contributed by atoms with Crippen LogP contribution in [0.3, 0.4) is 0 Å². The Morgan fingerprint density at radius 3 is 2.94 bits per heavy atom. The van der Waals surface area contributed by atoms with Crippen molar-refractivity contribution in [1.82, 2.24) is 4.98 Å². The summed E-state index contributed by atoms with van der Waals surface area (Å²) in [5.74, 6) is -0.969. The van der Waals surface area contributed by atoms with E-state index in [1.54, 1.807) is 23.6 Å². The Morgan fingerprint density at radius 2 is 2.31 bits per heavy atom. The van der Waals surface area contributed by atoms with Crippen LogP contribution in [0.2, 0.25) is 0 Å². The summed E-state index contributed by atoms with van der Waals surface area (Å²) >= 11 is 1.54. The number of benzene rings is 1. The van der Waals surface area contributed by atoms with Crippen molar-refractivity contribution in [2.45, 2.75) is 13.0 Å². The van der Waals surface area contributed by atoms with Crippen molar-refractivity contribution in [3.05, 3.63) is 40.6 Å². The fourth-order valence-electron chi connectivity index (χ4n) is 1.36. The van der Waals surface area contributed by atoms with Gasteiger partial charge in [-0.2, -0.15) is 0 Å². The number of rotatable bonds is 3. The molecule has 3 nitrogen and oxygen atoms in total. The van der Waals surface area contributed by atoms with E-state index in [0.29, 0.717) is 5.69 Å². The molecular formula is C11H11FN2OS. The summed E-state index contributed by atoms with van der Waals surface area (Å²) in [7, 11) is 0. The normalized spacial score (nSPS) is 12.4. The number of anilines is 1. The van der Waals surface area contributed by atoms with Gasteiger partial charge in [-0.3, -0.25) is 0 Å². The third-order valence-corrected chi connectivity index (χ3v) is 3.11. The van der Waals surface area contributed by atoms with E-state index in [1.807, 2.05) is 12.3 Å². The lowest BCUT2D eigenvalue weighted by molar-refractivity contribution is 0.432. The Labute approximate surface area is 96.6 Å². The molecule has 16 heavy (non-hydrogen) atoms. The molecule has 84 valence electrons. The summed E-state index contributed by atoms with van der Waals surface area (Å²) in [4.78, 5) is 4.17. The fourth-order valence-corrected chi connectivity index (χ4v) is 2.00. The van der Waals surface area contributed by atoms with Crippen molar-refractivity contribution in [1.29, 1.82) is 0 Å². The SMILES string of the molecule is CC(Nc1ccc(O)c(F)c1)c1nccs1. The first-order chi connectivity index (χ1) is 7.66. The average Bonchev–Trinajstić information content (AvgIpc) is 2.77. The van der Waals surface area contributed by atoms with Crippen molar-refractivity contribution in [3.8, 4) is 5.75 Å². The first-order valence-electron chi connectivity index (χ1n) is 4.81. The molecule has 0 aliphatic carbocycles. The van der Waals surface area contributed by atoms with Gasteiger partial charge < -0.3 is 10.4 Å². The predicted octanol–water partition coefficient (Wildman–Crippen LogP) is 3.16. The molecule has 1 atom stereocenters. The highest BCUT2D eigenvalue weighted by Crippen LogP contribution is 2.24. The summed E-state index contributed by atoms with van der Waals surface area (Å²) in [6.07, 6.45) is 1.73. The maximum absolute atomic E-state index is 13.1. The highest BCUT2D eigenvalue weighted by atomic mass is 32.1. The van der Waals surface area contributed by atoms with Crippen LogP contribution in [-0.4, -0.2) is 10.1 Å². The second-order valence-corrected chi connectivity index (χ2v) is 4.33. The van der Waals surface area contributed by atoms with E-state index in [-0.39, 0.29) is 11.8 Å². The Kier molecular flexibility index (Phi) is 3.05. The number of aromatic hydroxyl groups is 1. The highest BCUT2D eigenvalue weighted by molar-refractivity contribution is 7.09. The minimum absolute atomic E-state index is 0.0175. The minimum atomic E-state index is -0.628. The zero-order chi connectivity index (χ0) is 11.5. The van der Waals surface area contributed by atoms with E-state index in [1.165, 1.54) is 12.1 Å². The van der Waals surface area contributed by atoms with Gasteiger partial charge in [0.2, 0.25) is 0 Å². The van der Waals surface area contributed by atoms with Crippen molar-refractivity contribution < 1.29 is 9.50 Å². The number of hydrogen-bond donors (Lipinski definition) is 2. The molecule has 0 saturated carbocycles. The Morgan fingerprint density at radius 1 is 1.50 bits per heavy atom. The number of nitrogens with one attached hydrogen (secondary N) is 1. The lowest BCUT2D eigenvalue weighted by Crippen LogP contribution is -2.06. The van der Waals surface area contributed by atoms with E-state index < -0.39 is 5.82 Å². The maximum atomic E-state index is 13.1. The molecule has 0 radical (unpaired) electrons. The van der Waals surface area contributed by atoms with Crippen LogP contribution in [0.15, 0.2) is 29.8 Å². The second kappa shape index (κ2) is 4.49. The Bertz CT molecular complexity index is 473. The van der Waals surface area contributed by atoms with Crippen LogP contribution in [0, 0.1) is 5.82 Å². The molecule has 1 unspecified atom stereocenters. The lowest BCUT2D eigenvalue weighted by Gasteiger charge is -2.12. The number of phenolic OH excluding ortho intramolecular Hbond substituents is 1. The van der Waals surface area contributed by atoms with Gasteiger partial charge in [0.15, 0.2) is 11.6 Å². The van der Waals surface area contributed by atoms with Gasteiger partial charge in [-0.05, 0) is 19.1 Å². The van der Waals surface area contributed by atoms with Crippen LogP contribution in [0.4, 0.5) is 10.1 Å². The lowest BCUT2D eigenvalue weighted by atomic mass is 10.2. The summed E-state index contributed by atoms with van der Waals surface area (Å²) < 4.78 is 13.1. The van der Waals surface area contributed by atoms with E-state index in [9.17, 15) is 4.39 Å². The highest BCUT2D eigenvalue weighted by Gasteiger charge is 2.09. The maximum Gasteiger partial charge on any atom is 0.166 e. The molecular weight excluding hydrogens is 227 g/mol. The van der Waals surface area contributed by atoms with E-state index in [0.717, 1.165) is 5.01 Å². The van der Waals surface area contributed by atoms with Crippen molar-refractivity contribution in [2.24, 2.45) is 0 Å². The monoisotopic (exact) mass is 238 g/mol. The Balaban J connectivity index is 2.12. The van der Waals surface area contributed by atoms with Crippen LogP contribution in [-0.2, 0) is 0 Å². The van der Waals surface area contributed by atoms with Gasteiger partial charge in [0.25, 0.3) is 0 Å². The predicted molar refractivity (Wildman–Crippen MR) is 62.2 cm³/mol. The Hall–Kier alpha value is -1.62. The molecule has 0 bridgehead atoms. The topological polar surface area (TPSA) is 45.1 Å². The minimum Gasteiger partial charge on any atom is -0.505 e. The van der Waals surface area contributed by atoms with Crippen LogP contribution >= 0.6 is 11.3 Å². The van der Waals surface area contributed by atoms with Crippen LogP contribution < -0.4 is 5.32 Å². The number of halogens is 1. The van der Waals surface area contributed by atoms with Gasteiger partial charge in [0.1, 0.15) is 5.01 Å². The van der Waals surface area contributed by atoms with Gasteiger partial charge in [-0.15, -0.1) is 11.3 Å². The summed E-state index contributed by atoms with van der Waals surface area (Å²) in [6, 6.07) is 4.23. The molecule has 2 rings (SSSR count). The zero-order valence-electron chi connectivity index (χ0n) is 8.64. The van der Waals surface area contributed by atoms with E-state index >= 15 is 0 Å². The van der Waals surface area contributed by atoms with Gasteiger partial charge >= 0.3 is 0 Å². The van der Waals surface area contributed by atoms with Crippen LogP contribution in [0.5, 0.6) is 5.75 Å². The quantitative estimate of drug-likeness (QED) is 0.807. The third kappa shape index (κ3) is 2.30. The average molecular weight is 238 g/mol. The van der Waals surface area contributed by atoms with Crippen molar-refractivity contribution in [3.63, 3.8) is 0 Å². The van der Waals surface area contributed by atoms with E-state index in [2.05, 4.69) is 10.3 Å². The molecule has 1 aromatic heterocycles. The number of thiazole rings is 1. The van der Waals surface area contributed by atoms with E-state index in [4.69, 9.17) is 5.11 Å².